The summed E-state index contributed by atoms with van der Waals surface area (Å²) >= 11 is 0. The van der Waals surface area contributed by atoms with Gasteiger partial charge in [0.05, 0.1) is 39.9 Å². The quantitative estimate of drug-likeness (QED) is 0.0248. The molecule has 1 amide bonds. The Kier molecular flexibility index (Phi) is 35.9. The molecular formula is C44H88N2O6P+. The van der Waals surface area contributed by atoms with Gasteiger partial charge in [-0.3, -0.25) is 13.8 Å². The lowest BCUT2D eigenvalue weighted by Crippen LogP contribution is -2.45. The number of hydrogen-bond acceptors (Lipinski definition) is 5. The zero-order chi connectivity index (χ0) is 39.3. The van der Waals surface area contributed by atoms with Crippen molar-refractivity contribution in [3.63, 3.8) is 0 Å². The summed E-state index contributed by atoms with van der Waals surface area (Å²) in [4.78, 5) is 23.1. The Morgan fingerprint density at radius 3 is 1.45 bits per heavy atom. The van der Waals surface area contributed by atoms with Gasteiger partial charge in [-0.2, -0.15) is 0 Å². The first kappa shape index (κ1) is 52.0. The van der Waals surface area contributed by atoms with E-state index in [-0.39, 0.29) is 19.1 Å². The largest absolute Gasteiger partial charge is 0.472 e. The van der Waals surface area contributed by atoms with Crippen LogP contribution >= 0.6 is 7.82 Å². The van der Waals surface area contributed by atoms with Crippen molar-refractivity contribution in [2.24, 2.45) is 0 Å². The highest BCUT2D eigenvalue weighted by molar-refractivity contribution is 7.47. The predicted octanol–water partition coefficient (Wildman–Crippen LogP) is 12.1. The smallest absolute Gasteiger partial charge is 0.387 e. The fourth-order valence-corrected chi connectivity index (χ4v) is 7.07. The highest BCUT2D eigenvalue weighted by atomic mass is 31.2. The minimum Gasteiger partial charge on any atom is -0.387 e. The van der Waals surface area contributed by atoms with Gasteiger partial charge in [-0.1, -0.05) is 173 Å². The maximum Gasteiger partial charge on any atom is 0.472 e. The van der Waals surface area contributed by atoms with Crippen molar-refractivity contribution >= 4 is 13.7 Å². The Morgan fingerprint density at radius 1 is 0.623 bits per heavy atom. The molecule has 1 unspecified atom stereocenters. The molecule has 0 aromatic carbocycles. The van der Waals surface area contributed by atoms with Crippen LogP contribution in [0.3, 0.4) is 0 Å². The molecule has 0 saturated carbocycles. The number of rotatable bonds is 40. The third kappa shape index (κ3) is 39.0. The van der Waals surface area contributed by atoms with Crippen LogP contribution in [0.25, 0.3) is 0 Å². The molecule has 0 aromatic rings. The van der Waals surface area contributed by atoms with Crippen LogP contribution in [0.2, 0.25) is 0 Å². The van der Waals surface area contributed by atoms with Gasteiger partial charge >= 0.3 is 7.82 Å². The second-order valence-electron chi connectivity index (χ2n) is 16.4. The van der Waals surface area contributed by atoms with Gasteiger partial charge in [-0.25, -0.2) is 4.57 Å². The molecule has 0 bridgehead atoms. The van der Waals surface area contributed by atoms with Gasteiger partial charge in [0.2, 0.25) is 5.91 Å². The predicted molar refractivity (Wildman–Crippen MR) is 226 cm³/mol. The number of allylic oxidation sites excluding steroid dienone is 3. The maximum atomic E-state index is 12.8. The molecule has 0 saturated heterocycles. The molecule has 0 aromatic heterocycles. The molecule has 0 spiro atoms. The van der Waals surface area contributed by atoms with E-state index in [1.165, 1.54) is 128 Å². The number of carbonyl (C=O) groups excluding carboxylic acids is 1. The fourth-order valence-electron chi connectivity index (χ4n) is 6.33. The van der Waals surface area contributed by atoms with Crippen LogP contribution in [0.1, 0.15) is 200 Å². The molecule has 53 heavy (non-hydrogen) atoms. The van der Waals surface area contributed by atoms with Crippen LogP contribution in [0, 0.1) is 0 Å². The lowest BCUT2D eigenvalue weighted by atomic mass is 10.0. The lowest BCUT2D eigenvalue weighted by molar-refractivity contribution is -0.870. The summed E-state index contributed by atoms with van der Waals surface area (Å²) in [5, 5.41) is 13.8. The number of likely N-dealkylation sites (N-methyl/N-ethyl adjacent to an activating group) is 1. The van der Waals surface area contributed by atoms with Crippen molar-refractivity contribution in [2.45, 2.75) is 212 Å². The van der Waals surface area contributed by atoms with Crippen molar-refractivity contribution in [3.05, 3.63) is 24.3 Å². The van der Waals surface area contributed by atoms with E-state index in [0.717, 1.165) is 51.4 Å². The van der Waals surface area contributed by atoms with Crippen LogP contribution < -0.4 is 5.32 Å². The molecule has 0 aliphatic heterocycles. The normalized spacial score (nSPS) is 14.6. The summed E-state index contributed by atoms with van der Waals surface area (Å²) < 4.78 is 23.5. The molecule has 0 aliphatic carbocycles. The number of aliphatic hydroxyl groups excluding tert-OH is 1. The van der Waals surface area contributed by atoms with E-state index < -0.39 is 20.0 Å². The first-order valence-corrected chi connectivity index (χ1v) is 23.7. The minimum atomic E-state index is -4.33. The Labute approximate surface area is 328 Å². The standard InChI is InChI=1S/C44H87N2O6P/c1-6-8-10-12-14-16-18-20-22-24-25-27-29-31-33-35-37-43(47)42(41-52-53(49,50)51-40-39-46(3,4)5)45-44(48)38-36-34-32-30-28-26-23-21-19-17-15-13-11-9-7-2/h21,23,35,37,42-43,47H,6-20,22,24-34,36,38-41H2,1-5H3,(H-,45,48,49,50)/p+1/b23-21+,37-35+/t42-,43+/m0/s1. The topological polar surface area (TPSA) is 105 Å². The van der Waals surface area contributed by atoms with Crippen molar-refractivity contribution < 1.29 is 32.9 Å². The molecule has 9 heteroatoms. The van der Waals surface area contributed by atoms with Gasteiger partial charge in [0, 0.05) is 6.42 Å². The molecule has 0 radical (unpaired) electrons. The van der Waals surface area contributed by atoms with Crippen molar-refractivity contribution in [3.8, 4) is 0 Å². The van der Waals surface area contributed by atoms with Gasteiger partial charge in [-0.05, 0) is 44.9 Å². The van der Waals surface area contributed by atoms with Gasteiger partial charge in [-0.15, -0.1) is 0 Å². The summed E-state index contributed by atoms with van der Waals surface area (Å²) in [7, 11) is 1.57. The van der Waals surface area contributed by atoms with Crippen molar-refractivity contribution in [1.29, 1.82) is 0 Å². The SMILES string of the molecule is CCCCCCCC/C=C/CCCCCCCC(=O)N[C@@H](COP(=O)(O)OCC[N+](C)(C)C)[C@H](O)/C=C/CCCCCCCCCCCCCCCC. The molecule has 0 fully saturated rings. The minimum absolute atomic E-state index is 0.0609. The highest BCUT2D eigenvalue weighted by Gasteiger charge is 2.27. The summed E-state index contributed by atoms with van der Waals surface area (Å²) in [5.74, 6) is -0.186. The van der Waals surface area contributed by atoms with Crippen LogP contribution in [0.5, 0.6) is 0 Å². The van der Waals surface area contributed by atoms with E-state index >= 15 is 0 Å². The maximum absolute atomic E-state index is 12.8. The third-order valence-corrected chi connectivity index (χ3v) is 10.9. The summed E-state index contributed by atoms with van der Waals surface area (Å²) in [6, 6.07) is -0.847. The first-order valence-electron chi connectivity index (χ1n) is 22.2. The van der Waals surface area contributed by atoms with Crippen LogP contribution in [-0.4, -0.2) is 73.4 Å². The molecular weight excluding hydrogens is 683 g/mol. The number of carbonyl (C=O) groups is 1. The Bertz CT molecular complexity index is 922. The third-order valence-electron chi connectivity index (χ3n) is 9.92. The molecule has 0 rings (SSSR count). The summed E-state index contributed by atoms with van der Waals surface area (Å²) in [6.07, 6.45) is 42.4. The van der Waals surface area contributed by atoms with Crippen molar-refractivity contribution in [2.75, 3.05) is 40.9 Å². The average Bonchev–Trinajstić information content (AvgIpc) is 3.10. The second-order valence-corrected chi connectivity index (χ2v) is 17.9. The van der Waals surface area contributed by atoms with Gasteiger partial charge in [0.25, 0.3) is 0 Å². The molecule has 3 atom stereocenters. The number of nitrogens with zero attached hydrogens (tertiary/aromatic N) is 1. The number of unbranched alkanes of at least 4 members (excludes halogenated alkanes) is 25. The number of amides is 1. The Balaban J connectivity index is 4.45. The van der Waals surface area contributed by atoms with E-state index in [0.29, 0.717) is 17.4 Å². The average molecular weight is 772 g/mol. The zero-order valence-corrected chi connectivity index (χ0v) is 36.4. The number of aliphatic hydroxyl groups is 1. The van der Waals surface area contributed by atoms with E-state index in [1.807, 2.05) is 27.2 Å². The van der Waals surface area contributed by atoms with E-state index in [2.05, 4.69) is 31.3 Å². The fraction of sp³-hybridized carbons (Fsp3) is 0.886. The zero-order valence-electron chi connectivity index (χ0n) is 35.5. The molecule has 0 heterocycles. The van der Waals surface area contributed by atoms with Gasteiger partial charge in [0.15, 0.2) is 0 Å². The highest BCUT2D eigenvalue weighted by Crippen LogP contribution is 2.43. The molecule has 0 aliphatic rings. The monoisotopic (exact) mass is 772 g/mol. The summed E-state index contributed by atoms with van der Waals surface area (Å²) in [6.45, 7) is 4.80. The van der Waals surface area contributed by atoms with E-state index in [9.17, 15) is 19.4 Å². The van der Waals surface area contributed by atoms with Crippen LogP contribution in [0.15, 0.2) is 24.3 Å². The number of quaternary nitrogens is 1. The molecule has 3 N–H and O–H groups in total. The van der Waals surface area contributed by atoms with Crippen LogP contribution in [-0.2, 0) is 18.4 Å². The number of phosphoric acid groups is 1. The second kappa shape index (κ2) is 36.6. The number of hydrogen-bond donors (Lipinski definition) is 3. The van der Waals surface area contributed by atoms with Gasteiger partial charge in [0.1, 0.15) is 13.2 Å². The Hall–Kier alpha value is -1.02. The first-order chi connectivity index (χ1) is 25.5. The van der Waals surface area contributed by atoms with E-state index in [1.54, 1.807) is 6.08 Å². The number of nitrogens with one attached hydrogen (secondary N) is 1. The van der Waals surface area contributed by atoms with Crippen molar-refractivity contribution in [1.82, 2.24) is 5.32 Å². The molecule has 8 nitrogen and oxygen atoms in total. The molecule has 314 valence electrons. The van der Waals surface area contributed by atoms with E-state index in [4.69, 9.17) is 9.05 Å². The Morgan fingerprint density at radius 2 is 1.02 bits per heavy atom. The van der Waals surface area contributed by atoms with Crippen LogP contribution in [0.4, 0.5) is 0 Å². The lowest BCUT2D eigenvalue weighted by Gasteiger charge is -2.25. The van der Waals surface area contributed by atoms with Gasteiger partial charge < -0.3 is 19.8 Å². The summed E-state index contributed by atoms with van der Waals surface area (Å²) in [5.41, 5.74) is 0. The number of phosphoric ester groups is 1.